The molecule has 0 amide bonds. The van der Waals surface area contributed by atoms with Gasteiger partial charge >= 0.3 is 0 Å². The van der Waals surface area contributed by atoms with Crippen molar-refractivity contribution in [2.45, 2.75) is 37.1 Å². The van der Waals surface area contributed by atoms with Crippen molar-refractivity contribution in [1.82, 2.24) is 9.97 Å². The first-order chi connectivity index (χ1) is 18.8. The molecule has 0 radical (unpaired) electrons. The molecule has 3 aromatic rings. The molecule has 0 spiro atoms. The van der Waals surface area contributed by atoms with Crippen LogP contribution in [0.3, 0.4) is 0 Å². The first kappa shape index (κ1) is 28.8. The molecule has 1 saturated carbocycles. The summed E-state index contributed by atoms with van der Waals surface area (Å²) < 4.78 is 53.2. The second-order valence-electron chi connectivity index (χ2n) is 9.55. The van der Waals surface area contributed by atoms with Gasteiger partial charge in [0.2, 0.25) is 0 Å². The van der Waals surface area contributed by atoms with Crippen LogP contribution in [0.15, 0.2) is 42.7 Å². The summed E-state index contributed by atoms with van der Waals surface area (Å²) in [5.41, 5.74) is 12.7. The molecular formula is C28H32F3N5O2S. The number of hydrogen-bond acceptors (Lipinski definition) is 8. The minimum atomic E-state index is -1.78. The average molecular weight is 560 g/mol. The fourth-order valence-electron chi connectivity index (χ4n) is 5.40. The third-order valence-corrected chi connectivity index (χ3v) is 7.80. The van der Waals surface area contributed by atoms with Crippen molar-refractivity contribution in [1.29, 1.82) is 0 Å². The largest absolute Gasteiger partial charge is 0.397 e. The van der Waals surface area contributed by atoms with Gasteiger partial charge in [0, 0.05) is 42.6 Å². The number of alkyl halides is 1. The maximum absolute atomic E-state index is 16.8. The zero-order valence-corrected chi connectivity index (χ0v) is 22.6. The number of carbonyl (C=O) groups is 1. The average Bonchev–Trinajstić information content (AvgIpc) is 2.93. The van der Waals surface area contributed by atoms with E-state index in [-0.39, 0.29) is 28.4 Å². The van der Waals surface area contributed by atoms with E-state index in [0.717, 1.165) is 23.4 Å². The summed E-state index contributed by atoms with van der Waals surface area (Å²) >= 11 is 1.59. The van der Waals surface area contributed by atoms with E-state index in [1.807, 2.05) is 12.3 Å². The lowest BCUT2D eigenvalue weighted by Crippen LogP contribution is -2.49. The number of rotatable bonds is 10. The fraction of sp³-hybridized carbons (Fsp3) is 0.393. The van der Waals surface area contributed by atoms with Crippen LogP contribution in [0.4, 0.5) is 24.5 Å². The lowest BCUT2D eigenvalue weighted by molar-refractivity contribution is -0.0483. The van der Waals surface area contributed by atoms with E-state index in [1.165, 1.54) is 12.1 Å². The number of halogens is 3. The third-order valence-electron chi connectivity index (χ3n) is 7.22. The van der Waals surface area contributed by atoms with Crippen LogP contribution in [0.1, 0.15) is 46.5 Å². The highest BCUT2D eigenvalue weighted by atomic mass is 32.2. The Hall–Kier alpha value is -3.15. The number of pyridine rings is 2. The van der Waals surface area contributed by atoms with Crippen LogP contribution in [0.2, 0.25) is 0 Å². The molecule has 1 aliphatic carbocycles. The summed E-state index contributed by atoms with van der Waals surface area (Å²) in [7, 11) is 1.79. The highest BCUT2D eigenvalue weighted by molar-refractivity contribution is 7.98. The van der Waals surface area contributed by atoms with E-state index in [2.05, 4.69) is 15.3 Å². The number of ether oxygens (including phenoxy) is 1. The number of thioether (sulfide) groups is 1. The van der Waals surface area contributed by atoms with Crippen LogP contribution in [-0.2, 0) is 4.74 Å². The third kappa shape index (κ3) is 6.05. The molecule has 4 rings (SSSR count). The van der Waals surface area contributed by atoms with Gasteiger partial charge in [-0.05, 0) is 48.3 Å². The van der Waals surface area contributed by atoms with E-state index >= 15 is 13.2 Å². The van der Waals surface area contributed by atoms with Crippen LogP contribution in [0, 0.1) is 17.6 Å². The van der Waals surface area contributed by atoms with Crippen molar-refractivity contribution >= 4 is 29.4 Å². The van der Waals surface area contributed by atoms with Gasteiger partial charge in [0.25, 0.3) is 0 Å². The van der Waals surface area contributed by atoms with Gasteiger partial charge in [0.15, 0.2) is 12.1 Å². The number of nitrogens with zero attached hydrogens (tertiary/aromatic N) is 2. The van der Waals surface area contributed by atoms with Crippen LogP contribution in [0.25, 0.3) is 11.3 Å². The minimum Gasteiger partial charge on any atom is -0.397 e. The van der Waals surface area contributed by atoms with E-state index < -0.39 is 41.6 Å². The number of hydrogen-bond donors (Lipinski definition) is 3. The smallest absolute Gasteiger partial charge is 0.170 e. The van der Waals surface area contributed by atoms with Crippen LogP contribution < -0.4 is 16.8 Å². The molecule has 1 fully saturated rings. The minimum absolute atomic E-state index is 0.0945. The van der Waals surface area contributed by atoms with Crippen molar-refractivity contribution < 1.29 is 22.7 Å². The molecule has 5 unspecified atom stereocenters. The second-order valence-corrected chi connectivity index (χ2v) is 10.5. The standard InChI is InChI=1S/C28H32F3N5O2S/c1-34-23-13-35-7-6-16(23)15-10-18(28(22(33)11-15)38-8-9-39-2)26(31)17-4-3-5-19(29)25(17)27-20(30)12-21(32)24(14-37)36-27/h3-7,12-15,18,22,26,28,34H,8-11,32-33H2,1-2H3. The molecule has 1 aliphatic rings. The molecule has 2 aromatic heterocycles. The molecular weight excluding hydrogens is 527 g/mol. The Bertz CT molecular complexity index is 1310. The number of aromatic nitrogens is 2. The van der Waals surface area contributed by atoms with E-state index in [9.17, 15) is 4.79 Å². The molecule has 1 aromatic carbocycles. The predicted octanol–water partition coefficient (Wildman–Crippen LogP) is 5.14. The number of benzene rings is 1. The molecule has 0 bridgehead atoms. The van der Waals surface area contributed by atoms with Gasteiger partial charge in [-0.3, -0.25) is 9.78 Å². The lowest BCUT2D eigenvalue weighted by atomic mass is 9.70. The maximum Gasteiger partial charge on any atom is 0.170 e. The molecule has 5 atom stereocenters. The monoisotopic (exact) mass is 559 g/mol. The van der Waals surface area contributed by atoms with Crippen molar-refractivity contribution in [2.75, 3.05) is 36.7 Å². The van der Waals surface area contributed by atoms with Crippen LogP contribution in [-0.4, -0.2) is 54.1 Å². The van der Waals surface area contributed by atoms with Crippen molar-refractivity contribution in [3.8, 4) is 11.3 Å². The van der Waals surface area contributed by atoms with Crippen molar-refractivity contribution in [3.63, 3.8) is 0 Å². The Kier molecular flexibility index (Phi) is 9.47. The Labute approximate surface area is 229 Å². The van der Waals surface area contributed by atoms with Gasteiger partial charge < -0.3 is 21.5 Å². The van der Waals surface area contributed by atoms with Crippen LogP contribution >= 0.6 is 11.8 Å². The van der Waals surface area contributed by atoms with Crippen molar-refractivity contribution in [3.05, 3.63) is 71.2 Å². The van der Waals surface area contributed by atoms with Gasteiger partial charge in [0.1, 0.15) is 23.4 Å². The number of nitrogens with one attached hydrogen (secondary N) is 1. The first-order valence-electron chi connectivity index (χ1n) is 12.6. The quantitative estimate of drug-likeness (QED) is 0.231. The summed E-state index contributed by atoms with van der Waals surface area (Å²) in [6.45, 7) is 0.372. The first-order valence-corrected chi connectivity index (χ1v) is 14.0. The normalized spacial score (nSPS) is 21.9. The summed E-state index contributed by atoms with van der Waals surface area (Å²) in [4.78, 5) is 19.5. The SMILES string of the molecule is CNc1cnccc1C1CC(N)C(OCCSC)C(C(F)c2cccc(F)c2-c2nc(C=O)c(N)cc2F)C1. The highest BCUT2D eigenvalue weighted by Crippen LogP contribution is 2.47. The number of nitrogens with two attached hydrogens (primary N) is 2. The Morgan fingerprint density at radius 1 is 1.26 bits per heavy atom. The van der Waals surface area contributed by atoms with Gasteiger partial charge in [-0.2, -0.15) is 11.8 Å². The summed E-state index contributed by atoms with van der Waals surface area (Å²) in [6, 6.07) is 6.13. The van der Waals surface area contributed by atoms with Gasteiger partial charge in [0.05, 0.1) is 30.3 Å². The van der Waals surface area contributed by atoms with Crippen molar-refractivity contribution in [2.24, 2.45) is 11.7 Å². The molecule has 39 heavy (non-hydrogen) atoms. The van der Waals surface area contributed by atoms with Gasteiger partial charge in [-0.1, -0.05) is 12.1 Å². The van der Waals surface area contributed by atoms with Crippen LogP contribution in [0.5, 0.6) is 0 Å². The van der Waals surface area contributed by atoms with Gasteiger partial charge in [-0.25, -0.2) is 18.2 Å². The molecule has 2 heterocycles. The topological polar surface area (TPSA) is 116 Å². The molecule has 5 N–H and O–H groups in total. The fourth-order valence-corrected chi connectivity index (χ4v) is 5.66. The number of nitrogen functional groups attached to an aromatic ring is 1. The van der Waals surface area contributed by atoms with Gasteiger partial charge in [-0.15, -0.1) is 0 Å². The van der Waals surface area contributed by atoms with E-state index in [4.69, 9.17) is 16.2 Å². The Morgan fingerprint density at radius 2 is 2.05 bits per heavy atom. The maximum atomic E-state index is 16.8. The van der Waals surface area contributed by atoms with E-state index in [1.54, 1.807) is 31.2 Å². The molecule has 0 aliphatic heterocycles. The number of carbonyl (C=O) groups excluding carboxylic acids is 1. The summed E-state index contributed by atoms with van der Waals surface area (Å²) in [5, 5.41) is 3.13. The molecule has 7 nitrogen and oxygen atoms in total. The number of anilines is 2. The predicted molar refractivity (Wildman–Crippen MR) is 149 cm³/mol. The molecule has 11 heteroatoms. The highest BCUT2D eigenvalue weighted by Gasteiger charge is 2.43. The second kappa shape index (κ2) is 12.8. The molecule has 208 valence electrons. The number of aldehydes is 1. The lowest BCUT2D eigenvalue weighted by Gasteiger charge is -2.42. The Balaban J connectivity index is 1.79. The summed E-state index contributed by atoms with van der Waals surface area (Å²) in [6.07, 6.45) is 4.14. The molecule has 0 saturated heterocycles. The Morgan fingerprint density at radius 3 is 2.77 bits per heavy atom. The zero-order valence-electron chi connectivity index (χ0n) is 21.7. The zero-order chi connectivity index (χ0) is 28.1. The summed E-state index contributed by atoms with van der Waals surface area (Å²) in [5.74, 6) is -2.03. The van der Waals surface area contributed by atoms with E-state index in [0.29, 0.717) is 31.5 Å².